The van der Waals surface area contributed by atoms with Crippen molar-refractivity contribution in [3.63, 3.8) is 0 Å². The number of benzene rings is 1. The third-order valence-corrected chi connectivity index (χ3v) is 5.10. The summed E-state index contributed by atoms with van der Waals surface area (Å²) in [6.07, 6.45) is 1.51. The normalized spacial score (nSPS) is 14.7. The van der Waals surface area contributed by atoms with Crippen LogP contribution in [0.3, 0.4) is 0 Å². The minimum absolute atomic E-state index is 0.0181. The van der Waals surface area contributed by atoms with E-state index in [1.54, 1.807) is 25.1 Å². The number of methoxy groups -OCH3 is 1. The Hall–Kier alpha value is -3.73. The van der Waals surface area contributed by atoms with Gasteiger partial charge in [-0.25, -0.2) is 4.79 Å². The van der Waals surface area contributed by atoms with Gasteiger partial charge in [0.2, 0.25) is 5.76 Å². The molecule has 0 aliphatic carbocycles. The quantitative estimate of drug-likeness (QED) is 0.438. The average Bonchev–Trinajstić information content (AvgIpc) is 3.34. The van der Waals surface area contributed by atoms with E-state index in [0.29, 0.717) is 22.8 Å². The number of nitrogens with zero attached hydrogens (tertiary/aromatic N) is 1. The molecule has 1 saturated heterocycles. The molecule has 0 spiro atoms. The van der Waals surface area contributed by atoms with E-state index in [2.05, 4.69) is 0 Å². The molecule has 0 saturated carbocycles. The van der Waals surface area contributed by atoms with Gasteiger partial charge in [-0.1, -0.05) is 6.07 Å². The highest BCUT2D eigenvalue weighted by Gasteiger charge is 2.36. The van der Waals surface area contributed by atoms with Crippen molar-refractivity contribution in [1.82, 2.24) is 4.90 Å². The number of thioether (sulfide) groups is 1. The van der Waals surface area contributed by atoms with Crippen LogP contribution in [-0.2, 0) is 20.9 Å². The molecule has 1 N–H and O–H groups in total. The maximum Gasteiger partial charge on any atom is 0.371 e. The number of furan rings is 1. The summed E-state index contributed by atoms with van der Waals surface area (Å²) in [6.45, 7) is 1.33. The molecule has 2 amide bonds. The van der Waals surface area contributed by atoms with Gasteiger partial charge >= 0.3 is 11.9 Å². The molecular weight excluding hydrogens is 442 g/mol. The van der Waals surface area contributed by atoms with Gasteiger partial charge in [0.05, 0.1) is 18.6 Å². The fourth-order valence-corrected chi connectivity index (χ4v) is 3.57. The summed E-state index contributed by atoms with van der Waals surface area (Å²) in [5.41, 5.74) is 0.571. The van der Waals surface area contributed by atoms with Crippen LogP contribution in [0.1, 0.15) is 28.8 Å². The highest BCUT2D eigenvalue weighted by Crippen LogP contribution is 2.34. The van der Waals surface area contributed by atoms with E-state index < -0.39 is 29.6 Å². The molecule has 168 valence electrons. The van der Waals surface area contributed by atoms with Gasteiger partial charge in [0, 0.05) is 0 Å². The predicted molar refractivity (Wildman–Crippen MR) is 112 cm³/mol. The number of carbonyl (C=O) groups excluding carboxylic acids is 3. The standard InChI is InChI=1S/C21H19NO9S/c1-3-29-18(23)10-22-19(24)17(32-21(22)27)9-12-4-6-14(16(8-12)28-2)30-11-13-5-7-15(31-13)20(25)26/h4-9H,3,10-11H2,1-2H3,(H,25,26). The monoisotopic (exact) mass is 461 g/mol. The summed E-state index contributed by atoms with van der Waals surface area (Å²) in [5.74, 6) is -1.56. The Bertz CT molecular complexity index is 1090. The first-order chi connectivity index (χ1) is 15.3. The van der Waals surface area contributed by atoms with Crippen molar-refractivity contribution in [2.75, 3.05) is 20.3 Å². The molecule has 3 rings (SSSR count). The van der Waals surface area contributed by atoms with Gasteiger partial charge in [-0.2, -0.15) is 0 Å². The van der Waals surface area contributed by atoms with Crippen LogP contribution in [0.15, 0.2) is 39.7 Å². The molecule has 1 fully saturated rings. The van der Waals surface area contributed by atoms with Crippen molar-refractivity contribution < 1.29 is 42.9 Å². The van der Waals surface area contributed by atoms with E-state index in [9.17, 15) is 19.2 Å². The lowest BCUT2D eigenvalue weighted by atomic mass is 10.2. The molecule has 0 radical (unpaired) electrons. The lowest BCUT2D eigenvalue weighted by molar-refractivity contribution is -0.145. The molecule has 0 atom stereocenters. The topological polar surface area (TPSA) is 133 Å². The van der Waals surface area contributed by atoms with Gasteiger partial charge in [0.15, 0.2) is 11.5 Å². The molecule has 1 aromatic carbocycles. The molecule has 0 bridgehead atoms. The Morgan fingerprint density at radius 2 is 1.97 bits per heavy atom. The Morgan fingerprint density at radius 1 is 1.19 bits per heavy atom. The average molecular weight is 461 g/mol. The molecule has 2 heterocycles. The Balaban J connectivity index is 1.71. The number of esters is 1. The van der Waals surface area contributed by atoms with Gasteiger partial charge < -0.3 is 23.7 Å². The number of carboxylic acid groups (broad SMARTS) is 1. The van der Waals surface area contributed by atoms with Crippen molar-refractivity contribution in [3.8, 4) is 11.5 Å². The second-order valence-electron chi connectivity index (χ2n) is 6.34. The first-order valence-corrected chi connectivity index (χ1v) is 10.2. The fraction of sp³-hybridized carbons (Fsp3) is 0.238. The fourth-order valence-electron chi connectivity index (χ4n) is 2.74. The van der Waals surface area contributed by atoms with Gasteiger partial charge in [-0.3, -0.25) is 19.3 Å². The zero-order valence-electron chi connectivity index (χ0n) is 17.2. The molecule has 2 aromatic rings. The number of aromatic carboxylic acids is 1. The number of rotatable bonds is 9. The van der Waals surface area contributed by atoms with Crippen molar-refractivity contribution in [2.24, 2.45) is 0 Å². The van der Waals surface area contributed by atoms with E-state index in [4.69, 9.17) is 23.7 Å². The summed E-state index contributed by atoms with van der Waals surface area (Å²) in [5, 5.41) is 8.34. The first kappa shape index (κ1) is 22.9. The molecule has 0 unspecified atom stereocenters. The summed E-state index contributed by atoms with van der Waals surface area (Å²) in [7, 11) is 1.44. The van der Waals surface area contributed by atoms with Crippen molar-refractivity contribution in [1.29, 1.82) is 0 Å². The Labute approximate surface area is 186 Å². The summed E-state index contributed by atoms with van der Waals surface area (Å²) in [4.78, 5) is 48.1. The van der Waals surface area contributed by atoms with E-state index >= 15 is 0 Å². The number of carboxylic acids is 1. The number of carbonyl (C=O) groups is 4. The van der Waals surface area contributed by atoms with Gasteiger partial charge in [0.1, 0.15) is 18.9 Å². The van der Waals surface area contributed by atoms with Gasteiger partial charge in [0.25, 0.3) is 11.1 Å². The van der Waals surface area contributed by atoms with Crippen LogP contribution < -0.4 is 9.47 Å². The Morgan fingerprint density at radius 3 is 2.62 bits per heavy atom. The summed E-state index contributed by atoms with van der Waals surface area (Å²) >= 11 is 0.725. The van der Waals surface area contributed by atoms with Crippen molar-refractivity contribution in [2.45, 2.75) is 13.5 Å². The molecular formula is C21H19NO9S. The lowest BCUT2D eigenvalue weighted by Gasteiger charge is -2.11. The van der Waals surface area contributed by atoms with Gasteiger partial charge in [-0.05, 0) is 54.6 Å². The smallest absolute Gasteiger partial charge is 0.371 e. The van der Waals surface area contributed by atoms with E-state index in [1.807, 2.05) is 0 Å². The van der Waals surface area contributed by atoms with Crippen molar-refractivity contribution >= 4 is 40.9 Å². The number of ether oxygens (including phenoxy) is 3. The molecule has 32 heavy (non-hydrogen) atoms. The number of hydrogen-bond donors (Lipinski definition) is 1. The van der Waals surface area contributed by atoms with Crippen LogP contribution in [0, 0.1) is 0 Å². The molecule has 1 aliphatic heterocycles. The number of imide groups is 1. The summed E-state index contributed by atoms with van der Waals surface area (Å²) < 4.78 is 20.9. The molecule has 11 heteroatoms. The van der Waals surface area contributed by atoms with Crippen LogP contribution in [0.5, 0.6) is 11.5 Å². The van der Waals surface area contributed by atoms with Crippen LogP contribution in [0.4, 0.5) is 4.79 Å². The highest BCUT2D eigenvalue weighted by molar-refractivity contribution is 8.18. The van der Waals surface area contributed by atoms with E-state index in [0.717, 1.165) is 16.7 Å². The summed E-state index contributed by atoms with van der Waals surface area (Å²) in [6, 6.07) is 7.70. The molecule has 1 aromatic heterocycles. The largest absolute Gasteiger partial charge is 0.493 e. The maximum atomic E-state index is 12.5. The zero-order chi connectivity index (χ0) is 23.3. The molecule has 1 aliphatic rings. The second kappa shape index (κ2) is 10.1. The molecule has 10 nitrogen and oxygen atoms in total. The number of hydrogen-bond acceptors (Lipinski definition) is 9. The zero-order valence-corrected chi connectivity index (χ0v) is 18.0. The van der Waals surface area contributed by atoms with Gasteiger partial charge in [-0.15, -0.1) is 0 Å². The van der Waals surface area contributed by atoms with Crippen molar-refractivity contribution in [3.05, 3.63) is 52.3 Å². The van der Waals surface area contributed by atoms with Crippen LogP contribution in [-0.4, -0.2) is 53.4 Å². The van der Waals surface area contributed by atoms with Crippen LogP contribution >= 0.6 is 11.8 Å². The Kier molecular flexibility index (Phi) is 7.21. The third kappa shape index (κ3) is 5.30. The van der Waals surface area contributed by atoms with Crippen LogP contribution in [0.2, 0.25) is 0 Å². The minimum Gasteiger partial charge on any atom is -0.493 e. The minimum atomic E-state index is -1.18. The van der Waals surface area contributed by atoms with E-state index in [-0.39, 0.29) is 23.9 Å². The first-order valence-electron chi connectivity index (χ1n) is 9.36. The highest BCUT2D eigenvalue weighted by atomic mass is 32.2. The third-order valence-electron chi connectivity index (χ3n) is 4.19. The maximum absolute atomic E-state index is 12.5. The predicted octanol–water partition coefficient (Wildman–Crippen LogP) is 3.16. The second-order valence-corrected chi connectivity index (χ2v) is 7.34. The van der Waals surface area contributed by atoms with E-state index in [1.165, 1.54) is 25.3 Å². The van der Waals surface area contributed by atoms with Crippen LogP contribution in [0.25, 0.3) is 6.08 Å². The number of amides is 2. The lowest BCUT2D eigenvalue weighted by Crippen LogP contribution is -2.34. The SMILES string of the molecule is CCOC(=O)CN1C(=O)SC(=Cc2ccc(OCc3ccc(C(=O)O)o3)c(OC)c2)C1=O.